The van der Waals surface area contributed by atoms with Gasteiger partial charge in [0.15, 0.2) is 0 Å². The molecule has 1 aliphatic rings. The van der Waals surface area contributed by atoms with E-state index in [1.54, 1.807) is 0 Å². The molecule has 0 heterocycles. The Morgan fingerprint density at radius 2 is 1.56 bits per heavy atom. The summed E-state index contributed by atoms with van der Waals surface area (Å²) >= 11 is 0. The minimum absolute atomic E-state index is 0.216. The molecule has 0 N–H and O–H groups in total. The molecule has 0 heteroatoms. The van der Waals surface area contributed by atoms with Crippen LogP contribution < -0.4 is 0 Å². The summed E-state index contributed by atoms with van der Waals surface area (Å²) in [6.07, 6.45) is 2.34. The van der Waals surface area contributed by atoms with Gasteiger partial charge in [0.05, 0.1) is 0 Å². The lowest BCUT2D eigenvalue weighted by molar-refractivity contribution is 0.570. The zero-order valence-electron chi connectivity index (χ0n) is 10.0. The monoisotopic (exact) mass is 208 g/mol. The van der Waals surface area contributed by atoms with Crippen molar-refractivity contribution >= 4 is 22.4 Å². The molecule has 0 aliphatic heterocycles. The zero-order chi connectivity index (χ0) is 11.3. The molecule has 1 aliphatic carbocycles. The molecule has 0 radical (unpaired) electrons. The van der Waals surface area contributed by atoms with E-state index in [0.717, 1.165) is 0 Å². The Balaban J connectivity index is 2.38. The first-order valence-corrected chi connectivity index (χ1v) is 5.82. The van der Waals surface area contributed by atoms with Crippen molar-refractivity contribution in [1.82, 2.24) is 0 Å². The zero-order valence-corrected chi connectivity index (χ0v) is 10.0. The average molecular weight is 208 g/mol. The summed E-state index contributed by atoms with van der Waals surface area (Å²) in [4.78, 5) is 0. The second-order valence-electron chi connectivity index (χ2n) is 5.56. The van der Waals surface area contributed by atoms with Crippen molar-refractivity contribution in [1.29, 1.82) is 0 Å². The van der Waals surface area contributed by atoms with Crippen LogP contribution in [0.25, 0.3) is 22.4 Å². The Labute approximate surface area is 96.6 Å². The molecule has 0 aromatic heterocycles. The Morgan fingerprint density at radius 1 is 0.875 bits per heavy atom. The Kier molecular flexibility index (Phi) is 1.79. The lowest BCUT2D eigenvalue weighted by Gasteiger charge is -2.21. The predicted octanol–water partition coefficient (Wildman–Crippen LogP) is 4.74. The Hall–Kier alpha value is -1.56. The van der Waals surface area contributed by atoms with Crippen LogP contribution in [0.15, 0.2) is 36.4 Å². The fourth-order valence-corrected chi connectivity index (χ4v) is 2.57. The molecule has 80 valence electrons. The van der Waals surface area contributed by atoms with Gasteiger partial charge in [0.25, 0.3) is 0 Å². The first-order valence-electron chi connectivity index (χ1n) is 5.82. The van der Waals surface area contributed by atoms with E-state index >= 15 is 0 Å². The van der Waals surface area contributed by atoms with Gasteiger partial charge in [0, 0.05) is 0 Å². The van der Waals surface area contributed by atoms with Gasteiger partial charge in [0.1, 0.15) is 0 Å². The molecule has 0 fully saturated rings. The van der Waals surface area contributed by atoms with Gasteiger partial charge >= 0.3 is 0 Å². The highest BCUT2D eigenvalue weighted by Crippen LogP contribution is 2.44. The molecule has 16 heavy (non-hydrogen) atoms. The van der Waals surface area contributed by atoms with E-state index in [9.17, 15) is 0 Å². The molecular formula is C16H16. The summed E-state index contributed by atoms with van der Waals surface area (Å²) in [7, 11) is 0. The van der Waals surface area contributed by atoms with Crippen LogP contribution in [0.4, 0.5) is 0 Å². The fraction of sp³-hybridized carbons (Fsp3) is 0.250. The van der Waals surface area contributed by atoms with Crippen molar-refractivity contribution in [3.63, 3.8) is 0 Å². The first kappa shape index (κ1) is 9.65. The predicted molar refractivity (Wildman–Crippen MR) is 71.3 cm³/mol. The molecule has 0 saturated heterocycles. The van der Waals surface area contributed by atoms with Crippen LogP contribution in [0, 0.1) is 5.41 Å². The van der Waals surface area contributed by atoms with Crippen LogP contribution in [0.2, 0.25) is 0 Å². The third kappa shape index (κ3) is 1.23. The van der Waals surface area contributed by atoms with Crippen molar-refractivity contribution in [3.05, 3.63) is 47.5 Å². The lowest BCUT2D eigenvalue weighted by Crippen LogP contribution is -2.06. The number of rotatable bonds is 0. The van der Waals surface area contributed by atoms with E-state index in [2.05, 4.69) is 63.2 Å². The molecule has 2 aromatic rings. The van der Waals surface area contributed by atoms with Crippen LogP contribution in [-0.4, -0.2) is 0 Å². The fourth-order valence-electron chi connectivity index (χ4n) is 2.57. The highest BCUT2D eigenvalue weighted by molar-refractivity contribution is 6.09. The molecule has 0 nitrogen and oxygen atoms in total. The minimum atomic E-state index is 0.216. The van der Waals surface area contributed by atoms with E-state index in [4.69, 9.17) is 0 Å². The maximum atomic E-state index is 2.34. The highest BCUT2D eigenvalue weighted by atomic mass is 14.3. The summed E-state index contributed by atoms with van der Waals surface area (Å²) in [6.45, 7) is 6.84. The van der Waals surface area contributed by atoms with Gasteiger partial charge in [-0.25, -0.2) is 0 Å². The van der Waals surface area contributed by atoms with Gasteiger partial charge in [-0.1, -0.05) is 57.2 Å². The van der Waals surface area contributed by atoms with Crippen molar-refractivity contribution in [2.45, 2.75) is 20.8 Å². The van der Waals surface area contributed by atoms with E-state index in [0.29, 0.717) is 0 Å². The average Bonchev–Trinajstić information content (AvgIpc) is 2.60. The van der Waals surface area contributed by atoms with Crippen molar-refractivity contribution in [2.24, 2.45) is 5.41 Å². The standard InChI is InChI=1S/C16H16/c1-16(2,3)14-10-12-8-4-6-11-7-5-9-13(14)15(11)12/h4-10H,1-3H3. The molecule has 0 amide bonds. The van der Waals surface area contributed by atoms with E-state index in [-0.39, 0.29) is 5.41 Å². The number of hydrogen-bond acceptors (Lipinski definition) is 0. The summed E-state index contributed by atoms with van der Waals surface area (Å²) in [5.74, 6) is 0. The molecule has 0 atom stereocenters. The van der Waals surface area contributed by atoms with Gasteiger partial charge < -0.3 is 0 Å². The van der Waals surface area contributed by atoms with E-state index in [1.807, 2.05) is 0 Å². The molecule has 0 bridgehead atoms. The van der Waals surface area contributed by atoms with E-state index in [1.165, 1.54) is 27.5 Å². The second kappa shape index (κ2) is 2.98. The van der Waals surface area contributed by atoms with Gasteiger partial charge in [-0.3, -0.25) is 0 Å². The number of allylic oxidation sites excluding steroid dienone is 1. The summed E-state index contributed by atoms with van der Waals surface area (Å²) in [6, 6.07) is 13.2. The summed E-state index contributed by atoms with van der Waals surface area (Å²) in [5, 5.41) is 2.78. The molecular weight excluding hydrogens is 192 g/mol. The number of hydrogen-bond donors (Lipinski definition) is 0. The van der Waals surface area contributed by atoms with Gasteiger partial charge in [0.2, 0.25) is 0 Å². The topological polar surface area (TPSA) is 0 Å². The third-order valence-electron chi connectivity index (χ3n) is 3.33. The van der Waals surface area contributed by atoms with Crippen LogP contribution in [0.3, 0.4) is 0 Å². The largest absolute Gasteiger partial charge is 0.0610 e. The quantitative estimate of drug-likeness (QED) is 0.586. The number of benzene rings is 2. The van der Waals surface area contributed by atoms with Crippen LogP contribution >= 0.6 is 0 Å². The van der Waals surface area contributed by atoms with Crippen molar-refractivity contribution in [3.8, 4) is 0 Å². The SMILES string of the molecule is CC(C)(C)C1=Cc2cccc3cccc1c23. The van der Waals surface area contributed by atoms with Crippen LogP contribution in [0.5, 0.6) is 0 Å². The van der Waals surface area contributed by atoms with Crippen molar-refractivity contribution < 1.29 is 0 Å². The third-order valence-corrected chi connectivity index (χ3v) is 3.33. The smallest absolute Gasteiger partial charge is 0.00358 e. The van der Waals surface area contributed by atoms with Gasteiger partial charge in [-0.15, -0.1) is 0 Å². The highest BCUT2D eigenvalue weighted by Gasteiger charge is 2.24. The molecule has 0 spiro atoms. The molecule has 2 aromatic carbocycles. The molecule has 3 rings (SSSR count). The Morgan fingerprint density at radius 3 is 2.25 bits per heavy atom. The van der Waals surface area contributed by atoms with Gasteiger partial charge in [-0.05, 0) is 39.0 Å². The summed E-state index contributed by atoms with van der Waals surface area (Å²) < 4.78 is 0. The molecule has 0 unspecified atom stereocenters. The lowest BCUT2D eigenvalue weighted by atomic mass is 9.83. The normalized spacial score (nSPS) is 14.3. The van der Waals surface area contributed by atoms with Crippen molar-refractivity contribution in [2.75, 3.05) is 0 Å². The van der Waals surface area contributed by atoms with Crippen LogP contribution in [0.1, 0.15) is 31.9 Å². The minimum Gasteiger partial charge on any atom is -0.0610 e. The van der Waals surface area contributed by atoms with Gasteiger partial charge in [-0.2, -0.15) is 0 Å². The maximum absolute atomic E-state index is 2.34. The first-order chi connectivity index (χ1) is 7.57. The maximum Gasteiger partial charge on any atom is -0.00358 e. The molecule has 0 saturated carbocycles. The van der Waals surface area contributed by atoms with E-state index < -0.39 is 0 Å². The summed E-state index contributed by atoms with van der Waals surface area (Å²) in [5.41, 5.74) is 4.46. The second-order valence-corrected chi connectivity index (χ2v) is 5.56. The Bertz CT molecular complexity index is 590. The van der Waals surface area contributed by atoms with Crippen LogP contribution in [-0.2, 0) is 0 Å².